The SMILES string of the molecule is CCOCCCC(=O)NCc1ccc(C(=O)O)nc1. The monoisotopic (exact) mass is 266 g/mol. The van der Waals surface area contributed by atoms with Gasteiger partial charge in [-0.2, -0.15) is 0 Å². The summed E-state index contributed by atoms with van der Waals surface area (Å²) in [6.07, 6.45) is 2.56. The van der Waals surface area contributed by atoms with E-state index in [1.165, 1.54) is 12.3 Å². The Morgan fingerprint density at radius 1 is 1.42 bits per heavy atom. The normalized spacial score (nSPS) is 10.2. The molecule has 0 saturated carbocycles. The summed E-state index contributed by atoms with van der Waals surface area (Å²) in [5.74, 6) is -1.12. The molecule has 6 nitrogen and oxygen atoms in total. The van der Waals surface area contributed by atoms with Gasteiger partial charge in [0.1, 0.15) is 5.69 Å². The first kappa shape index (κ1) is 15.1. The number of pyridine rings is 1. The molecule has 1 amide bonds. The highest BCUT2D eigenvalue weighted by Crippen LogP contribution is 2.00. The van der Waals surface area contributed by atoms with Crippen molar-refractivity contribution >= 4 is 11.9 Å². The summed E-state index contributed by atoms with van der Waals surface area (Å²) in [4.78, 5) is 25.9. The van der Waals surface area contributed by atoms with Crippen molar-refractivity contribution in [3.8, 4) is 0 Å². The van der Waals surface area contributed by atoms with Crippen molar-refractivity contribution in [1.82, 2.24) is 10.3 Å². The zero-order chi connectivity index (χ0) is 14.1. The maximum atomic E-state index is 11.5. The van der Waals surface area contributed by atoms with Gasteiger partial charge in [-0.15, -0.1) is 0 Å². The number of amides is 1. The van der Waals surface area contributed by atoms with Gasteiger partial charge in [0.25, 0.3) is 0 Å². The first-order valence-corrected chi connectivity index (χ1v) is 6.16. The van der Waals surface area contributed by atoms with Crippen LogP contribution in [0.1, 0.15) is 35.8 Å². The summed E-state index contributed by atoms with van der Waals surface area (Å²) >= 11 is 0. The fourth-order valence-corrected chi connectivity index (χ4v) is 1.42. The van der Waals surface area contributed by atoms with Gasteiger partial charge in [-0.05, 0) is 25.0 Å². The molecule has 0 aliphatic carbocycles. The van der Waals surface area contributed by atoms with E-state index in [2.05, 4.69) is 10.3 Å². The lowest BCUT2D eigenvalue weighted by Gasteiger charge is -2.05. The fourth-order valence-electron chi connectivity index (χ4n) is 1.42. The van der Waals surface area contributed by atoms with E-state index in [9.17, 15) is 9.59 Å². The third-order valence-electron chi connectivity index (χ3n) is 2.43. The number of carbonyl (C=O) groups is 2. The van der Waals surface area contributed by atoms with Gasteiger partial charge in [-0.25, -0.2) is 9.78 Å². The Kier molecular flexibility index (Phi) is 6.52. The van der Waals surface area contributed by atoms with Gasteiger partial charge >= 0.3 is 5.97 Å². The molecule has 0 saturated heterocycles. The molecule has 19 heavy (non-hydrogen) atoms. The minimum Gasteiger partial charge on any atom is -0.477 e. The van der Waals surface area contributed by atoms with E-state index >= 15 is 0 Å². The summed E-state index contributed by atoms with van der Waals surface area (Å²) < 4.78 is 5.14. The minimum atomic E-state index is -1.06. The van der Waals surface area contributed by atoms with Crippen LogP contribution in [0, 0.1) is 0 Å². The van der Waals surface area contributed by atoms with Crippen molar-refractivity contribution in [2.24, 2.45) is 0 Å². The number of carbonyl (C=O) groups excluding carboxylic acids is 1. The van der Waals surface area contributed by atoms with Gasteiger partial charge in [-0.3, -0.25) is 4.79 Å². The van der Waals surface area contributed by atoms with E-state index in [4.69, 9.17) is 9.84 Å². The average Bonchev–Trinajstić information content (AvgIpc) is 2.42. The van der Waals surface area contributed by atoms with E-state index in [-0.39, 0.29) is 11.6 Å². The summed E-state index contributed by atoms with van der Waals surface area (Å²) in [5, 5.41) is 11.4. The lowest BCUT2D eigenvalue weighted by molar-refractivity contribution is -0.121. The van der Waals surface area contributed by atoms with Crippen LogP contribution in [0.3, 0.4) is 0 Å². The van der Waals surface area contributed by atoms with Crippen LogP contribution in [0.5, 0.6) is 0 Å². The van der Waals surface area contributed by atoms with Gasteiger partial charge in [0.2, 0.25) is 5.91 Å². The van der Waals surface area contributed by atoms with Crippen LogP contribution < -0.4 is 5.32 Å². The molecule has 104 valence electrons. The Morgan fingerprint density at radius 3 is 2.79 bits per heavy atom. The number of aromatic carboxylic acids is 1. The number of rotatable bonds is 8. The molecule has 0 radical (unpaired) electrons. The molecule has 0 spiro atoms. The first-order valence-electron chi connectivity index (χ1n) is 6.16. The van der Waals surface area contributed by atoms with Crippen molar-refractivity contribution in [3.05, 3.63) is 29.6 Å². The van der Waals surface area contributed by atoms with Gasteiger partial charge < -0.3 is 15.2 Å². The predicted molar refractivity (Wildman–Crippen MR) is 68.8 cm³/mol. The van der Waals surface area contributed by atoms with Crippen molar-refractivity contribution in [3.63, 3.8) is 0 Å². The summed E-state index contributed by atoms with van der Waals surface area (Å²) in [6.45, 7) is 3.50. The Balaban J connectivity index is 2.28. The van der Waals surface area contributed by atoms with Crippen LogP contribution in [0.4, 0.5) is 0 Å². The Labute approximate surface area is 111 Å². The fraction of sp³-hybridized carbons (Fsp3) is 0.462. The maximum Gasteiger partial charge on any atom is 0.354 e. The standard InChI is InChI=1S/C13H18N2O4/c1-2-19-7-3-4-12(16)15-9-10-5-6-11(13(17)18)14-8-10/h5-6,8H,2-4,7,9H2,1H3,(H,15,16)(H,17,18). The molecular weight excluding hydrogens is 248 g/mol. The van der Waals surface area contributed by atoms with E-state index in [1.54, 1.807) is 6.07 Å². The molecule has 0 aliphatic rings. The number of hydrogen-bond donors (Lipinski definition) is 2. The molecule has 1 rings (SSSR count). The number of carboxylic acid groups (broad SMARTS) is 1. The van der Waals surface area contributed by atoms with Crippen molar-refractivity contribution in [2.45, 2.75) is 26.3 Å². The summed E-state index contributed by atoms with van der Waals surface area (Å²) in [5.41, 5.74) is 0.759. The lowest BCUT2D eigenvalue weighted by Crippen LogP contribution is -2.23. The molecular formula is C13H18N2O4. The van der Waals surface area contributed by atoms with E-state index in [1.807, 2.05) is 6.92 Å². The molecule has 2 N–H and O–H groups in total. The summed E-state index contributed by atoms with van der Waals surface area (Å²) in [7, 11) is 0. The highest BCUT2D eigenvalue weighted by Gasteiger charge is 2.05. The number of carboxylic acids is 1. The zero-order valence-corrected chi connectivity index (χ0v) is 10.9. The number of ether oxygens (including phenoxy) is 1. The Morgan fingerprint density at radius 2 is 2.21 bits per heavy atom. The smallest absolute Gasteiger partial charge is 0.354 e. The molecule has 1 aromatic heterocycles. The largest absolute Gasteiger partial charge is 0.477 e. The quantitative estimate of drug-likeness (QED) is 0.690. The third-order valence-corrected chi connectivity index (χ3v) is 2.43. The van der Waals surface area contributed by atoms with Gasteiger partial charge in [-0.1, -0.05) is 6.07 Å². The third kappa shape index (κ3) is 5.96. The predicted octanol–water partition coefficient (Wildman–Crippen LogP) is 1.21. The molecule has 1 heterocycles. The van der Waals surface area contributed by atoms with E-state index < -0.39 is 5.97 Å². The van der Waals surface area contributed by atoms with Crippen molar-refractivity contribution < 1.29 is 19.4 Å². The van der Waals surface area contributed by atoms with E-state index in [0.717, 1.165) is 5.56 Å². The van der Waals surface area contributed by atoms with Crippen LogP contribution in [0.15, 0.2) is 18.3 Å². The second-order valence-corrected chi connectivity index (χ2v) is 3.93. The Bertz CT molecular complexity index is 417. The number of aromatic nitrogens is 1. The number of nitrogens with zero attached hydrogens (tertiary/aromatic N) is 1. The molecule has 0 atom stereocenters. The number of hydrogen-bond acceptors (Lipinski definition) is 4. The highest BCUT2D eigenvalue weighted by atomic mass is 16.5. The second-order valence-electron chi connectivity index (χ2n) is 3.93. The maximum absolute atomic E-state index is 11.5. The number of nitrogens with one attached hydrogen (secondary N) is 1. The zero-order valence-electron chi connectivity index (χ0n) is 10.9. The topological polar surface area (TPSA) is 88.5 Å². The van der Waals surface area contributed by atoms with E-state index in [0.29, 0.717) is 32.6 Å². The average molecular weight is 266 g/mol. The van der Waals surface area contributed by atoms with Gasteiger partial charge in [0, 0.05) is 32.4 Å². The minimum absolute atomic E-state index is 0.00760. The molecule has 0 aromatic carbocycles. The molecule has 0 bridgehead atoms. The van der Waals surface area contributed by atoms with Crippen molar-refractivity contribution in [2.75, 3.05) is 13.2 Å². The highest BCUT2D eigenvalue weighted by molar-refractivity contribution is 5.85. The Hall–Kier alpha value is -1.95. The van der Waals surface area contributed by atoms with Crippen LogP contribution in [0.25, 0.3) is 0 Å². The van der Waals surface area contributed by atoms with Crippen molar-refractivity contribution in [1.29, 1.82) is 0 Å². The summed E-state index contributed by atoms with van der Waals surface area (Å²) in [6, 6.07) is 3.05. The molecule has 6 heteroatoms. The van der Waals surface area contributed by atoms with Crippen LogP contribution in [0.2, 0.25) is 0 Å². The first-order chi connectivity index (χ1) is 9.13. The molecule has 1 aromatic rings. The van der Waals surface area contributed by atoms with Crippen LogP contribution in [-0.2, 0) is 16.1 Å². The van der Waals surface area contributed by atoms with Gasteiger partial charge in [0.05, 0.1) is 0 Å². The lowest BCUT2D eigenvalue weighted by atomic mass is 10.2. The second kappa shape index (κ2) is 8.20. The molecule has 0 aliphatic heterocycles. The van der Waals surface area contributed by atoms with Gasteiger partial charge in [0.15, 0.2) is 0 Å². The molecule has 0 fully saturated rings. The van der Waals surface area contributed by atoms with Crippen LogP contribution in [-0.4, -0.2) is 35.2 Å². The molecule has 0 unspecified atom stereocenters. The van der Waals surface area contributed by atoms with Crippen LogP contribution >= 0.6 is 0 Å².